The van der Waals surface area contributed by atoms with Crippen LogP contribution in [0.2, 0.25) is 0 Å². The number of aromatic nitrogens is 6. The Balaban J connectivity index is 0.00000162. The number of thioether (sulfide) groups is 3. The van der Waals surface area contributed by atoms with Gasteiger partial charge in [0.05, 0.1) is 104 Å². The van der Waals surface area contributed by atoms with Gasteiger partial charge >= 0.3 is 91.2 Å². The number of ether oxygens (including phenoxy) is 13. The summed E-state index contributed by atoms with van der Waals surface area (Å²) in [6.07, 6.45) is 9.93. The summed E-state index contributed by atoms with van der Waals surface area (Å²) in [5.41, 5.74) is -3.38. The zero-order valence-corrected chi connectivity index (χ0v) is 91.5. The predicted molar refractivity (Wildman–Crippen MR) is 520 cm³/mol. The molecule has 6 amide bonds. The van der Waals surface area contributed by atoms with Gasteiger partial charge in [-0.1, -0.05) is 42.7 Å². The summed E-state index contributed by atoms with van der Waals surface area (Å²) in [7, 11) is 17.8. The molecule has 142 heavy (non-hydrogen) atoms. The summed E-state index contributed by atoms with van der Waals surface area (Å²) < 4.78 is 66.0. The minimum Gasteiger partial charge on any atom is -0.870 e. The van der Waals surface area contributed by atoms with Crippen LogP contribution in [-0.2, 0) is 131 Å². The maximum absolute atomic E-state index is 12.6. The smallest absolute Gasteiger partial charge is 0.870 e. The molecule has 798 valence electrons. The van der Waals surface area contributed by atoms with E-state index in [0.717, 1.165) is 23.0 Å². The third-order valence-corrected chi connectivity index (χ3v) is 21.2. The average molecular weight is 2060 g/mol. The van der Waals surface area contributed by atoms with E-state index in [1.54, 1.807) is 163 Å². The second kappa shape index (κ2) is 55.9. The molecule has 0 radical (unpaired) electrons. The van der Waals surface area contributed by atoms with Crippen molar-refractivity contribution < 1.29 is 163 Å². The van der Waals surface area contributed by atoms with Crippen LogP contribution in [0.15, 0.2) is 45.8 Å². The number of esters is 5. The van der Waals surface area contributed by atoms with Crippen LogP contribution >= 0.6 is 35.3 Å². The molecule has 3 aromatic rings. The molecule has 3 unspecified atom stereocenters. The number of Topliss-reactive ketones (excluding diaryl/α,β-unsaturated/α-hetero) is 2. The van der Waals surface area contributed by atoms with E-state index in [1.807, 2.05) is 56.8 Å². The maximum atomic E-state index is 12.6. The summed E-state index contributed by atoms with van der Waals surface area (Å²) in [4.78, 5) is 206. The monoisotopic (exact) mass is 2060 g/mol. The molecular weight excluding hydrogens is 1910 g/mol. The van der Waals surface area contributed by atoms with Gasteiger partial charge in [-0.25, -0.2) is 87.4 Å². The van der Waals surface area contributed by atoms with Gasteiger partial charge in [0, 0.05) is 87.2 Å². The van der Waals surface area contributed by atoms with Crippen molar-refractivity contribution in [2.45, 2.75) is 314 Å². The molecule has 3 aromatic heterocycles. The molecule has 0 spiro atoms. The normalized spacial score (nSPS) is 19.6. The number of aliphatic hydroxyl groups is 1. The first kappa shape index (κ1) is 132. The molecule has 4 fully saturated rings. The Labute approximate surface area is 859 Å². The number of aliphatic hydroxyl groups excluding tert-OH is 1. The molecule has 7 aliphatic heterocycles. The van der Waals surface area contributed by atoms with E-state index >= 15 is 0 Å². The fourth-order valence-corrected chi connectivity index (χ4v) is 14.6. The number of hydrogen-bond acceptors (Lipinski definition) is 41. The van der Waals surface area contributed by atoms with Gasteiger partial charge in [-0.3, -0.25) is 48.8 Å². The third-order valence-electron chi connectivity index (χ3n) is 19.6. The van der Waals surface area contributed by atoms with Gasteiger partial charge < -0.3 is 82.2 Å². The van der Waals surface area contributed by atoms with E-state index in [-0.39, 0.29) is 113 Å². The van der Waals surface area contributed by atoms with Gasteiger partial charge in [-0.15, -0.1) is 0 Å². The van der Waals surface area contributed by atoms with E-state index in [0.29, 0.717) is 49.2 Å². The number of likely N-dealkylation sites (tertiary alicyclic amines) is 3. The number of amides is 6. The number of methoxy groups -OCH3 is 5. The van der Waals surface area contributed by atoms with Crippen LogP contribution in [-0.4, -0.2) is 373 Å². The standard InChI is InChI=1S/C15H21N3O4S.2C14H19N3O4S.C14H22N2O5.C11H19NO5.C11H17NO5.C9H22N2O.C4H8O.CH4.Li.H2O/c1-14(2,3)22-13(20)18-8-10-9(7-16-12(17-10)23-6)15(18,4)11(19)21-5;1-13(2,3)21-12(20)17-7-9-8(14(17,4)10(18)19)6-15-11(16-9)22-5;1-14(2,3)21-13(19)17-7-9-8(10(17)11(18)20-4)6-15-12(16-9)22-5;1-14(2,3)21-13(19)16-8-10(17)9(7-15(4)5)11(16)12(18)20-6;2*1-11(2,3)17-10(15)12-6-7(13)5-8(12)9(14)16-4;1-9(2,3)12-8(10(4)5)11(6)7;1-2-4-5-3-1;;;/h7H,8H2,1-6H3;6H,7H2,1-5H3,(H,18,19);6,10H,7H2,1-5H3;7,11H,8H2,1-6H3;7-8,13H,5-6H2,1-4H3;8H,5-6H2,1-4H3;8H,1-7H3;1-4H2;1H4;;1H2/q;;;;;;;;;+1;/p-1/b;;;9-7+;;;;;;;/t;;;11-;7-,8+;8-;;;;;/m...101...../s1. The number of carboxylic acids is 1. The summed E-state index contributed by atoms with van der Waals surface area (Å²) in [6.45, 7) is 42.9. The Bertz CT molecular complexity index is 4790. The first-order chi connectivity index (χ1) is 63.8. The molecule has 7 aliphatic rings. The zero-order chi connectivity index (χ0) is 107. The summed E-state index contributed by atoms with van der Waals surface area (Å²) in [5.74, 6) is -4.50. The second-order valence-electron chi connectivity index (χ2n) is 40.1. The molecule has 0 aliphatic carbocycles. The number of carboxylic acid groups (broad SMARTS) is 1. The molecule has 7 atom stereocenters. The van der Waals surface area contributed by atoms with Crippen LogP contribution in [0.3, 0.4) is 0 Å². The van der Waals surface area contributed by atoms with E-state index in [4.69, 9.17) is 52.1 Å². The Morgan fingerprint density at radius 1 is 0.465 bits per heavy atom. The fraction of sp³-hybridized carbons (Fsp3) is 0.699. The molecule has 10 heterocycles. The number of β-amino-alcohol motifs (C(OH)–C–C–N with tert-alkyl or cyclic N) is 1. The summed E-state index contributed by atoms with van der Waals surface area (Å²) in [5, 5.41) is 20.9. The Morgan fingerprint density at radius 2 is 0.817 bits per heavy atom. The molecular formula is C93H152LiN15O30S3. The number of nitrogens with zero attached hydrogens (tertiary/aromatic N) is 15. The first-order valence-electron chi connectivity index (χ1n) is 44.3. The average Bonchev–Trinajstić information content (AvgIpc) is 1.58. The number of ketones is 2. The number of aliphatic carboxylic acids is 1. The van der Waals surface area contributed by atoms with Gasteiger partial charge in [-0.2, -0.15) is 0 Å². The SMILES string of the molecule is C.C1CCOC1.CN(C)C(OC(C)(C)C)N(C)C.COC(=O)C1(C)c2cnc(SC)nc2CN1C(=O)OC(C)(C)C.COC(=O)C1c2cnc(SC)nc2CN1C(=O)OC(C)(C)C.COC(=O)[C@H]1/C(=C/N(C)C)C(=O)CN1C(=O)OC(C)(C)C.COC(=O)[C@H]1CC(=O)CN1C(=O)OC(C)(C)C.COC(=O)[C@H]1C[C@H](O)CN1C(=O)OC(C)(C)C.CSc1ncc2c(n1)CN(C(=O)OC(C)(C)C)C2(C)C(=O)O.[Li+].[OH-]. The van der Waals surface area contributed by atoms with E-state index in [9.17, 15) is 77.3 Å². The van der Waals surface area contributed by atoms with E-state index in [1.165, 1.54) is 123 Å². The van der Waals surface area contributed by atoms with Crippen molar-refractivity contribution in [2.24, 2.45) is 0 Å². The van der Waals surface area contributed by atoms with Crippen LogP contribution in [0.25, 0.3) is 0 Å². The molecule has 0 aromatic carbocycles. The van der Waals surface area contributed by atoms with Crippen molar-refractivity contribution in [2.75, 3.05) is 129 Å². The zero-order valence-electron chi connectivity index (χ0n) is 89.1. The van der Waals surface area contributed by atoms with Crippen molar-refractivity contribution >= 4 is 119 Å². The minimum atomic E-state index is -1.53. The van der Waals surface area contributed by atoms with Crippen LogP contribution in [0.4, 0.5) is 28.8 Å². The fourth-order valence-electron chi connectivity index (χ4n) is 13.6. The molecule has 0 saturated carbocycles. The Morgan fingerprint density at radius 3 is 1.16 bits per heavy atom. The molecule has 4 saturated heterocycles. The van der Waals surface area contributed by atoms with E-state index in [2.05, 4.69) is 60.1 Å². The quantitative estimate of drug-likeness (QED) is 0.0309. The summed E-state index contributed by atoms with van der Waals surface area (Å²) >= 11 is 4.15. The van der Waals surface area contributed by atoms with Gasteiger partial charge in [0.25, 0.3) is 0 Å². The third kappa shape index (κ3) is 39.8. The summed E-state index contributed by atoms with van der Waals surface area (Å²) in [6, 6.07) is -3.56. The molecule has 10 rings (SSSR count). The maximum Gasteiger partial charge on any atom is 1.00 e. The predicted octanol–water partition coefficient (Wildman–Crippen LogP) is 8.28. The molecule has 49 heteroatoms. The minimum absolute atomic E-state index is 0. The van der Waals surface area contributed by atoms with Gasteiger partial charge in [0.2, 0.25) is 0 Å². The van der Waals surface area contributed by atoms with Crippen molar-refractivity contribution in [1.29, 1.82) is 0 Å². The Hall–Kier alpha value is -10.0. The van der Waals surface area contributed by atoms with Crippen molar-refractivity contribution in [3.63, 3.8) is 0 Å². The van der Waals surface area contributed by atoms with Gasteiger partial charge in [0.1, 0.15) is 45.7 Å². The van der Waals surface area contributed by atoms with Gasteiger partial charge in [-0.05, 0) is 219 Å². The van der Waals surface area contributed by atoms with Crippen LogP contribution < -0.4 is 18.9 Å². The molecule has 0 bridgehead atoms. The molecule has 45 nitrogen and oxygen atoms in total. The number of carbonyl (C=O) groups is 14. The van der Waals surface area contributed by atoms with Crippen molar-refractivity contribution in [3.05, 3.63) is 64.1 Å². The van der Waals surface area contributed by atoms with Gasteiger partial charge in [0.15, 0.2) is 56.5 Å². The number of fused-ring (bicyclic) bond motifs is 3. The Kier molecular flexibility index (Phi) is 51.9. The first-order valence-corrected chi connectivity index (χ1v) is 48.0. The molecule has 3 N–H and O–H groups in total. The largest absolute Gasteiger partial charge is 1.00 e. The van der Waals surface area contributed by atoms with Crippen molar-refractivity contribution in [3.8, 4) is 0 Å². The van der Waals surface area contributed by atoms with Crippen molar-refractivity contribution in [1.82, 2.24) is 74.0 Å². The number of rotatable bonds is 13. The van der Waals surface area contributed by atoms with Crippen LogP contribution in [0, 0.1) is 0 Å². The van der Waals surface area contributed by atoms with E-state index < -0.39 is 147 Å². The van der Waals surface area contributed by atoms with Crippen LogP contribution in [0.5, 0.6) is 0 Å². The van der Waals surface area contributed by atoms with Crippen LogP contribution in [0.1, 0.15) is 232 Å². The second-order valence-corrected chi connectivity index (χ2v) is 42.4. The topological polar surface area (TPSA) is 536 Å². The number of carbonyl (C=O) groups excluding carboxylic acids is 13. The number of hydrogen-bond donors (Lipinski definition) is 2.